The van der Waals surface area contributed by atoms with E-state index in [1.807, 2.05) is 24.2 Å². The summed E-state index contributed by atoms with van der Waals surface area (Å²) in [5.74, 6) is 3.70. The Hall–Kier alpha value is -0.610. The van der Waals surface area contributed by atoms with E-state index in [1.54, 1.807) is 0 Å². The Kier molecular flexibility index (Phi) is 6.52. The molecule has 17 heavy (non-hydrogen) atoms. The number of aromatic nitrogens is 2. The summed E-state index contributed by atoms with van der Waals surface area (Å²) < 4.78 is 0. The lowest BCUT2D eigenvalue weighted by atomic mass is 10.1. The molecule has 1 unspecified atom stereocenters. The van der Waals surface area contributed by atoms with Gasteiger partial charge in [0.1, 0.15) is 5.82 Å². The minimum atomic E-state index is 0.222. The first-order chi connectivity index (χ1) is 8.11. The lowest BCUT2D eigenvalue weighted by molar-refractivity contribution is 0.642. The molecule has 0 amide bonds. The van der Waals surface area contributed by atoms with Gasteiger partial charge in [-0.15, -0.1) is 0 Å². The lowest BCUT2D eigenvalue weighted by Gasteiger charge is -2.08. The maximum atomic E-state index is 5.90. The van der Waals surface area contributed by atoms with Gasteiger partial charge in [0.05, 0.1) is 5.75 Å². The highest BCUT2D eigenvalue weighted by molar-refractivity contribution is 7.98. The van der Waals surface area contributed by atoms with Crippen LogP contribution < -0.4 is 5.73 Å². The minimum absolute atomic E-state index is 0.222. The molecule has 0 spiro atoms. The van der Waals surface area contributed by atoms with E-state index in [2.05, 4.69) is 30.7 Å². The highest BCUT2D eigenvalue weighted by Gasteiger charge is 2.03. The van der Waals surface area contributed by atoms with E-state index in [9.17, 15) is 0 Å². The summed E-state index contributed by atoms with van der Waals surface area (Å²) in [5, 5.41) is 0. The Labute approximate surface area is 109 Å². The summed E-state index contributed by atoms with van der Waals surface area (Å²) in [6, 6.07) is 0.222. The monoisotopic (exact) mass is 253 g/mol. The molecule has 3 nitrogen and oxygen atoms in total. The molecule has 2 N–H and O–H groups in total. The summed E-state index contributed by atoms with van der Waals surface area (Å²) in [6.07, 6.45) is 5.68. The Morgan fingerprint density at radius 1 is 1.29 bits per heavy atom. The first-order valence-corrected chi connectivity index (χ1v) is 7.40. The summed E-state index contributed by atoms with van der Waals surface area (Å²) in [7, 11) is 0. The van der Waals surface area contributed by atoms with Gasteiger partial charge in [0.25, 0.3) is 0 Å². The number of hydrogen-bond donors (Lipinski definition) is 1. The van der Waals surface area contributed by atoms with Crippen LogP contribution in [0.5, 0.6) is 0 Å². The molecule has 0 aliphatic carbocycles. The van der Waals surface area contributed by atoms with Crippen LogP contribution in [0.2, 0.25) is 0 Å². The van der Waals surface area contributed by atoms with Crippen LogP contribution in [0.25, 0.3) is 0 Å². The molecule has 1 aromatic heterocycles. The molecule has 4 heteroatoms. The predicted molar refractivity (Wildman–Crippen MR) is 75.0 cm³/mol. The predicted octanol–water partition coefficient (Wildman–Crippen LogP) is 2.65. The van der Waals surface area contributed by atoms with Gasteiger partial charge >= 0.3 is 0 Å². The van der Waals surface area contributed by atoms with Crippen molar-refractivity contribution >= 4 is 11.8 Å². The van der Waals surface area contributed by atoms with Gasteiger partial charge in [-0.05, 0) is 30.1 Å². The molecule has 0 aliphatic heterocycles. The van der Waals surface area contributed by atoms with Crippen molar-refractivity contribution < 1.29 is 0 Å². The summed E-state index contributed by atoms with van der Waals surface area (Å²) >= 11 is 1.89. The van der Waals surface area contributed by atoms with Gasteiger partial charge in [0, 0.05) is 18.4 Å². The van der Waals surface area contributed by atoms with Gasteiger partial charge in [0.15, 0.2) is 0 Å². The average molecular weight is 253 g/mol. The number of nitrogens with two attached hydrogens (primary N) is 1. The molecule has 1 atom stereocenters. The van der Waals surface area contributed by atoms with E-state index in [0.29, 0.717) is 0 Å². The number of thioether (sulfide) groups is 1. The quantitative estimate of drug-likeness (QED) is 0.811. The van der Waals surface area contributed by atoms with Gasteiger partial charge in [-0.3, -0.25) is 0 Å². The fourth-order valence-corrected chi connectivity index (χ4v) is 2.32. The van der Waals surface area contributed by atoms with E-state index < -0.39 is 0 Å². The van der Waals surface area contributed by atoms with Crippen molar-refractivity contribution in [2.45, 2.75) is 45.4 Å². The zero-order valence-electron chi connectivity index (χ0n) is 11.0. The molecule has 0 saturated heterocycles. The molecule has 0 aliphatic rings. The third-order valence-corrected chi connectivity index (χ3v) is 3.83. The molecule has 0 saturated carbocycles. The lowest BCUT2D eigenvalue weighted by Crippen LogP contribution is -2.21. The SMILES string of the molecule is CCC(N)Cc1cnc(CSCC(C)C)nc1. The van der Waals surface area contributed by atoms with E-state index >= 15 is 0 Å². The van der Waals surface area contributed by atoms with Crippen molar-refractivity contribution in [2.75, 3.05) is 5.75 Å². The standard InChI is InChI=1S/C13H23N3S/c1-4-12(14)5-11-6-15-13(16-7-11)9-17-8-10(2)3/h6-7,10,12H,4-5,8-9,14H2,1-3H3. The van der Waals surface area contributed by atoms with Crippen LogP contribution >= 0.6 is 11.8 Å². The summed E-state index contributed by atoms with van der Waals surface area (Å²) in [6.45, 7) is 6.55. The van der Waals surface area contributed by atoms with Crippen molar-refractivity contribution in [3.05, 3.63) is 23.8 Å². The second-order valence-electron chi connectivity index (χ2n) is 4.79. The molecule has 0 fully saturated rings. The van der Waals surface area contributed by atoms with Crippen LogP contribution in [-0.2, 0) is 12.2 Å². The largest absolute Gasteiger partial charge is 0.327 e. The topological polar surface area (TPSA) is 51.8 Å². The summed E-state index contributed by atoms with van der Waals surface area (Å²) in [4.78, 5) is 8.75. The van der Waals surface area contributed by atoms with E-state index in [1.165, 1.54) is 0 Å². The van der Waals surface area contributed by atoms with Crippen LogP contribution in [0.4, 0.5) is 0 Å². The van der Waals surface area contributed by atoms with E-state index in [0.717, 1.165) is 41.7 Å². The van der Waals surface area contributed by atoms with Crippen LogP contribution in [0.15, 0.2) is 12.4 Å². The van der Waals surface area contributed by atoms with Crippen LogP contribution in [-0.4, -0.2) is 21.8 Å². The Morgan fingerprint density at radius 2 is 1.94 bits per heavy atom. The van der Waals surface area contributed by atoms with Crippen molar-refractivity contribution in [3.8, 4) is 0 Å². The molecule has 0 radical (unpaired) electrons. The third kappa shape index (κ3) is 6.03. The van der Waals surface area contributed by atoms with Gasteiger partial charge < -0.3 is 5.73 Å². The molecule has 0 bridgehead atoms. The average Bonchev–Trinajstić information content (AvgIpc) is 2.31. The highest BCUT2D eigenvalue weighted by atomic mass is 32.2. The summed E-state index contributed by atoms with van der Waals surface area (Å²) in [5.41, 5.74) is 7.03. The molecule has 96 valence electrons. The molecular weight excluding hydrogens is 230 g/mol. The van der Waals surface area contributed by atoms with Gasteiger partial charge in [-0.1, -0.05) is 20.8 Å². The number of nitrogens with zero attached hydrogens (tertiary/aromatic N) is 2. The van der Waals surface area contributed by atoms with Crippen LogP contribution in [0, 0.1) is 5.92 Å². The zero-order valence-corrected chi connectivity index (χ0v) is 11.8. The Morgan fingerprint density at radius 3 is 2.47 bits per heavy atom. The van der Waals surface area contributed by atoms with Crippen molar-refractivity contribution in [3.63, 3.8) is 0 Å². The molecular formula is C13H23N3S. The van der Waals surface area contributed by atoms with Crippen molar-refractivity contribution in [1.82, 2.24) is 9.97 Å². The molecule has 1 rings (SSSR count). The minimum Gasteiger partial charge on any atom is -0.327 e. The fraction of sp³-hybridized carbons (Fsp3) is 0.692. The van der Waals surface area contributed by atoms with Gasteiger partial charge in [0.2, 0.25) is 0 Å². The first-order valence-electron chi connectivity index (χ1n) is 6.25. The Bertz CT molecular complexity index is 311. The maximum absolute atomic E-state index is 5.90. The van der Waals surface area contributed by atoms with Gasteiger partial charge in [-0.2, -0.15) is 11.8 Å². The van der Waals surface area contributed by atoms with Gasteiger partial charge in [-0.25, -0.2) is 9.97 Å². The highest BCUT2D eigenvalue weighted by Crippen LogP contribution is 2.12. The third-order valence-electron chi connectivity index (χ3n) is 2.46. The molecule has 0 aromatic carbocycles. The fourth-order valence-electron chi connectivity index (χ4n) is 1.39. The smallest absolute Gasteiger partial charge is 0.138 e. The van der Waals surface area contributed by atoms with Crippen LogP contribution in [0.3, 0.4) is 0 Å². The van der Waals surface area contributed by atoms with E-state index in [4.69, 9.17) is 5.73 Å². The van der Waals surface area contributed by atoms with E-state index in [-0.39, 0.29) is 6.04 Å². The maximum Gasteiger partial charge on any atom is 0.138 e. The molecule has 1 heterocycles. The normalized spacial score (nSPS) is 13.0. The number of rotatable bonds is 7. The molecule has 1 aromatic rings. The van der Waals surface area contributed by atoms with Crippen molar-refractivity contribution in [1.29, 1.82) is 0 Å². The second-order valence-corrected chi connectivity index (χ2v) is 5.82. The zero-order chi connectivity index (χ0) is 12.7. The second kappa shape index (κ2) is 7.67. The first kappa shape index (κ1) is 14.5. The van der Waals surface area contributed by atoms with Crippen molar-refractivity contribution in [2.24, 2.45) is 11.7 Å². The van der Waals surface area contributed by atoms with Crippen LogP contribution in [0.1, 0.15) is 38.6 Å². The Balaban J connectivity index is 2.39. The number of hydrogen-bond acceptors (Lipinski definition) is 4.